The highest BCUT2D eigenvalue weighted by Crippen LogP contribution is 2.28. The maximum atomic E-state index is 10.6. The molecule has 82 valence electrons. The van der Waals surface area contributed by atoms with E-state index in [1.807, 2.05) is 11.8 Å². The Morgan fingerprint density at radius 3 is 2.50 bits per heavy atom. The first-order valence-corrected chi connectivity index (χ1v) is 5.13. The third-order valence-corrected chi connectivity index (χ3v) is 2.71. The molecule has 0 radical (unpaired) electrons. The third-order valence-electron chi connectivity index (χ3n) is 2.71. The van der Waals surface area contributed by atoms with Crippen molar-refractivity contribution in [3.63, 3.8) is 0 Å². The molecule has 0 saturated heterocycles. The van der Waals surface area contributed by atoms with Gasteiger partial charge in [0.15, 0.2) is 0 Å². The molecular weight excluding hydrogens is 182 g/mol. The zero-order valence-electron chi connectivity index (χ0n) is 8.86. The lowest BCUT2D eigenvalue weighted by molar-refractivity contribution is -0.139. The number of aliphatic carboxylic acids is 1. The van der Waals surface area contributed by atoms with Crippen LogP contribution in [0.15, 0.2) is 0 Å². The van der Waals surface area contributed by atoms with E-state index in [9.17, 15) is 9.90 Å². The monoisotopic (exact) mass is 201 g/mol. The summed E-state index contributed by atoms with van der Waals surface area (Å²) in [7, 11) is 0. The van der Waals surface area contributed by atoms with Gasteiger partial charge in [0.25, 0.3) is 0 Å². The van der Waals surface area contributed by atoms with Crippen molar-refractivity contribution in [3.8, 4) is 0 Å². The Kier molecular flexibility index (Phi) is 3.50. The van der Waals surface area contributed by atoms with Crippen molar-refractivity contribution in [1.82, 2.24) is 4.90 Å². The number of carboxylic acid groups (broad SMARTS) is 1. The van der Waals surface area contributed by atoms with Crippen molar-refractivity contribution in [1.29, 1.82) is 0 Å². The Balaban J connectivity index is 2.46. The minimum atomic E-state index is -0.816. The first-order valence-electron chi connectivity index (χ1n) is 5.13. The molecule has 4 nitrogen and oxygen atoms in total. The average molecular weight is 201 g/mol. The fourth-order valence-corrected chi connectivity index (χ4v) is 1.48. The Morgan fingerprint density at radius 2 is 2.14 bits per heavy atom. The number of hydrogen-bond acceptors (Lipinski definition) is 3. The zero-order chi connectivity index (χ0) is 10.8. The SMILES string of the molecule is CCC(C)(O)CN(CC(=O)O)C1CC1. The second-order valence-electron chi connectivity index (χ2n) is 4.38. The highest BCUT2D eigenvalue weighted by atomic mass is 16.4. The summed E-state index contributed by atoms with van der Waals surface area (Å²) < 4.78 is 0. The number of carboxylic acids is 1. The Bertz CT molecular complexity index is 211. The van der Waals surface area contributed by atoms with Gasteiger partial charge in [-0.25, -0.2) is 0 Å². The molecule has 0 bridgehead atoms. The van der Waals surface area contributed by atoms with Gasteiger partial charge in [-0.15, -0.1) is 0 Å². The van der Waals surface area contributed by atoms with Gasteiger partial charge >= 0.3 is 5.97 Å². The molecule has 1 atom stereocenters. The van der Waals surface area contributed by atoms with Gasteiger partial charge in [0, 0.05) is 12.6 Å². The summed E-state index contributed by atoms with van der Waals surface area (Å²) in [5, 5.41) is 18.6. The third kappa shape index (κ3) is 3.64. The molecule has 14 heavy (non-hydrogen) atoms. The predicted octanol–water partition coefficient (Wildman–Crippen LogP) is 0.696. The van der Waals surface area contributed by atoms with E-state index >= 15 is 0 Å². The van der Waals surface area contributed by atoms with Gasteiger partial charge in [0.05, 0.1) is 12.1 Å². The van der Waals surface area contributed by atoms with Crippen molar-refractivity contribution in [3.05, 3.63) is 0 Å². The molecule has 1 aliphatic carbocycles. The van der Waals surface area contributed by atoms with Crippen LogP contribution < -0.4 is 0 Å². The van der Waals surface area contributed by atoms with E-state index in [-0.39, 0.29) is 6.54 Å². The van der Waals surface area contributed by atoms with E-state index in [2.05, 4.69) is 0 Å². The summed E-state index contributed by atoms with van der Waals surface area (Å²) in [6.07, 6.45) is 2.77. The first-order chi connectivity index (χ1) is 6.44. The second kappa shape index (κ2) is 4.28. The molecule has 0 amide bonds. The van der Waals surface area contributed by atoms with Gasteiger partial charge < -0.3 is 10.2 Å². The smallest absolute Gasteiger partial charge is 0.317 e. The van der Waals surface area contributed by atoms with Crippen molar-refractivity contribution in [2.24, 2.45) is 0 Å². The molecule has 0 heterocycles. The molecule has 0 aliphatic heterocycles. The summed E-state index contributed by atoms with van der Waals surface area (Å²) in [6.45, 7) is 4.16. The largest absolute Gasteiger partial charge is 0.480 e. The van der Waals surface area contributed by atoms with Crippen LogP contribution in [-0.2, 0) is 4.79 Å². The van der Waals surface area contributed by atoms with Crippen LogP contribution in [0.5, 0.6) is 0 Å². The van der Waals surface area contributed by atoms with Gasteiger partial charge in [0.1, 0.15) is 0 Å². The van der Waals surface area contributed by atoms with Gasteiger partial charge in [0.2, 0.25) is 0 Å². The molecular formula is C10H19NO3. The number of hydrogen-bond donors (Lipinski definition) is 2. The Labute approximate surface area is 84.5 Å². The van der Waals surface area contributed by atoms with Crippen LogP contribution in [0.2, 0.25) is 0 Å². The molecule has 1 unspecified atom stereocenters. The summed E-state index contributed by atoms with van der Waals surface area (Å²) in [5.74, 6) is -0.816. The standard InChI is InChI=1S/C10H19NO3/c1-3-10(2,14)7-11(6-9(12)13)8-4-5-8/h8,14H,3-7H2,1-2H3,(H,12,13). The maximum absolute atomic E-state index is 10.6. The Hall–Kier alpha value is -0.610. The highest BCUT2D eigenvalue weighted by molar-refractivity contribution is 5.69. The Morgan fingerprint density at radius 1 is 1.57 bits per heavy atom. The molecule has 1 saturated carbocycles. The van der Waals surface area contributed by atoms with Gasteiger partial charge in [-0.05, 0) is 26.2 Å². The van der Waals surface area contributed by atoms with Crippen molar-refractivity contribution in [2.45, 2.75) is 44.8 Å². The molecule has 2 N–H and O–H groups in total. The number of rotatable bonds is 6. The van der Waals surface area contributed by atoms with E-state index in [4.69, 9.17) is 5.11 Å². The fraction of sp³-hybridized carbons (Fsp3) is 0.900. The van der Waals surface area contributed by atoms with Crippen LogP contribution in [0.25, 0.3) is 0 Å². The van der Waals surface area contributed by atoms with Gasteiger partial charge in [-0.1, -0.05) is 6.92 Å². The molecule has 0 aromatic carbocycles. The molecule has 1 rings (SSSR count). The van der Waals surface area contributed by atoms with Crippen molar-refractivity contribution in [2.75, 3.05) is 13.1 Å². The zero-order valence-corrected chi connectivity index (χ0v) is 8.86. The average Bonchev–Trinajstić information content (AvgIpc) is 2.84. The normalized spacial score (nSPS) is 20.9. The van der Waals surface area contributed by atoms with Gasteiger partial charge in [-0.3, -0.25) is 9.69 Å². The van der Waals surface area contributed by atoms with Crippen LogP contribution in [-0.4, -0.2) is 45.8 Å². The fourth-order valence-electron chi connectivity index (χ4n) is 1.48. The van der Waals surface area contributed by atoms with Gasteiger partial charge in [-0.2, -0.15) is 0 Å². The summed E-state index contributed by atoms with van der Waals surface area (Å²) in [5.41, 5.74) is -0.766. The number of nitrogens with zero attached hydrogens (tertiary/aromatic N) is 1. The van der Waals surface area contributed by atoms with E-state index in [1.165, 1.54) is 0 Å². The summed E-state index contributed by atoms with van der Waals surface area (Å²) >= 11 is 0. The highest BCUT2D eigenvalue weighted by Gasteiger charge is 2.34. The van der Waals surface area contributed by atoms with E-state index in [1.54, 1.807) is 6.92 Å². The molecule has 1 aliphatic rings. The number of carbonyl (C=O) groups is 1. The van der Waals surface area contributed by atoms with Crippen LogP contribution >= 0.6 is 0 Å². The first kappa shape index (κ1) is 11.5. The minimum absolute atomic E-state index is 0.0425. The summed E-state index contributed by atoms with van der Waals surface area (Å²) in [6, 6.07) is 0.379. The topological polar surface area (TPSA) is 60.8 Å². The molecule has 4 heteroatoms. The number of aliphatic hydroxyl groups is 1. The molecule has 0 aromatic rings. The van der Waals surface area contributed by atoms with Crippen LogP contribution in [0.3, 0.4) is 0 Å². The van der Waals surface area contributed by atoms with Crippen molar-refractivity contribution >= 4 is 5.97 Å². The lowest BCUT2D eigenvalue weighted by atomic mass is 10.0. The molecule has 0 spiro atoms. The van der Waals surface area contributed by atoms with E-state index in [0.717, 1.165) is 12.8 Å². The van der Waals surface area contributed by atoms with E-state index < -0.39 is 11.6 Å². The minimum Gasteiger partial charge on any atom is -0.480 e. The quantitative estimate of drug-likeness (QED) is 0.664. The molecule has 1 fully saturated rings. The molecule has 0 aromatic heterocycles. The summed E-state index contributed by atoms with van der Waals surface area (Å²) in [4.78, 5) is 12.5. The van der Waals surface area contributed by atoms with E-state index in [0.29, 0.717) is 19.0 Å². The van der Waals surface area contributed by atoms with Crippen LogP contribution in [0.4, 0.5) is 0 Å². The predicted molar refractivity (Wildman–Crippen MR) is 53.1 cm³/mol. The lowest BCUT2D eigenvalue weighted by Crippen LogP contribution is -2.43. The van der Waals surface area contributed by atoms with Crippen LogP contribution in [0.1, 0.15) is 33.1 Å². The lowest BCUT2D eigenvalue weighted by Gasteiger charge is -2.29. The second-order valence-corrected chi connectivity index (χ2v) is 4.38. The maximum Gasteiger partial charge on any atom is 0.317 e. The van der Waals surface area contributed by atoms with Crippen molar-refractivity contribution < 1.29 is 15.0 Å². The van der Waals surface area contributed by atoms with Crippen LogP contribution in [0, 0.1) is 0 Å².